The zero-order valence-electron chi connectivity index (χ0n) is 16.1. The highest BCUT2D eigenvalue weighted by Crippen LogP contribution is 2.28. The molecule has 1 aromatic heterocycles. The third-order valence-electron chi connectivity index (χ3n) is 5.02. The summed E-state index contributed by atoms with van der Waals surface area (Å²) in [7, 11) is 0. The van der Waals surface area contributed by atoms with Gasteiger partial charge in [-0.1, -0.05) is 78.9 Å². The Balaban J connectivity index is 1.32. The largest absolute Gasteiger partial charge is 0.298 e. The van der Waals surface area contributed by atoms with Crippen LogP contribution in [0.15, 0.2) is 102 Å². The van der Waals surface area contributed by atoms with E-state index in [0.29, 0.717) is 10.7 Å². The van der Waals surface area contributed by atoms with Crippen LogP contribution in [0.2, 0.25) is 0 Å². The summed E-state index contributed by atoms with van der Waals surface area (Å²) in [6.45, 7) is 0. The molecule has 144 valence electrons. The molecule has 0 fully saturated rings. The standard InChI is InChI=1S/C26H18N2OS/c29-25(21-13-10-20(11-14-21)18-6-2-1-3-7-18)28-26-27-24(17-30-26)23-15-12-19-8-4-5-9-22(19)16-23/h1-17H,(H,27,28,29). The van der Waals surface area contributed by atoms with E-state index in [1.54, 1.807) is 0 Å². The molecular weight excluding hydrogens is 388 g/mol. The summed E-state index contributed by atoms with van der Waals surface area (Å²) >= 11 is 1.43. The van der Waals surface area contributed by atoms with Gasteiger partial charge in [-0.25, -0.2) is 4.98 Å². The number of benzene rings is 4. The number of anilines is 1. The van der Waals surface area contributed by atoms with E-state index in [1.165, 1.54) is 22.1 Å². The van der Waals surface area contributed by atoms with Crippen LogP contribution in [-0.2, 0) is 0 Å². The third kappa shape index (κ3) is 3.73. The Kier molecular flexibility index (Phi) is 4.83. The lowest BCUT2D eigenvalue weighted by Crippen LogP contribution is -2.11. The molecule has 0 aliphatic carbocycles. The number of carbonyl (C=O) groups excluding carboxylic acids is 1. The normalized spacial score (nSPS) is 10.8. The molecule has 5 aromatic rings. The molecule has 0 saturated carbocycles. The molecule has 0 radical (unpaired) electrons. The number of nitrogens with one attached hydrogen (secondary N) is 1. The van der Waals surface area contributed by atoms with Crippen LogP contribution in [0.3, 0.4) is 0 Å². The molecule has 0 saturated heterocycles. The molecule has 4 heteroatoms. The van der Waals surface area contributed by atoms with Gasteiger partial charge in [0.25, 0.3) is 5.91 Å². The van der Waals surface area contributed by atoms with E-state index in [0.717, 1.165) is 22.4 Å². The van der Waals surface area contributed by atoms with Gasteiger partial charge in [0.05, 0.1) is 5.69 Å². The van der Waals surface area contributed by atoms with Crippen LogP contribution in [0.25, 0.3) is 33.2 Å². The first kappa shape index (κ1) is 18.3. The maximum Gasteiger partial charge on any atom is 0.257 e. The molecule has 0 aliphatic rings. The molecule has 1 amide bonds. The Morgan fingerprint density at radius 1 is 0.700 bits per heavy atom. The van der Waals surface area contributed by atoms with E-state index in [1.807, 2.05) is 60.0 Å². The Bertz CT molecular complexity index is 1320. The number of fused-ring (bicyclic) bond motifs is 1. The predicted molar refractivity (Wildman–Crippen MR) is 125 cm³/mol. The van der Waals surface area contributed by atoms with Gasteiger partial charge in [-0.05, 0) is 40.1 Å². The molecule has 0 aliphatic heterocycles. The quantitative estimate of drug-likeness (QED) is 0.353. The number of aromatic nitrogens is 1. The van der Waals surface area contributed by atoms with Crippen molar-refractivity contribution in [2.24, 2.45) is 0 Å². The van der Waals surface area contributed by atoms with Gasteiger partial charge in [0.2, 0.25) is 0 Å². The summed E-state index contributed by atoms with van der Waals surface area (Å²) in [5, 5.41) is 7.85. The fourth-order valence-corrected chi connectivity index (χ4v) is 4.14. The number of rotatable bonds is 4. The van der Waals surface area contributed by atoms with Crippen molar-refractivity contribution in [3.05, 3.63) is 108 Å². The van der Waals surface area contributed by atoms with E-state index in [2.05, 4.69) is 52.8 Å². The van der Waals surface area contributed by atoms with Gasteiger partial charge in [-0.3, -0.25) is 10.1 Å². The lowest BCUT2D eigenvalue weighted by Gasteiger charge is -2.05. The first-order valence-electron chi connectivity index (χ1n) is 9.68. The maximum atomic E-state index is 12.6. The molecule has 5 rings (SSSR count). The summed E-state index contributed by atoms with van der Waals surface area (Å²) in [4.78, 5) is 17.2. The number of nitrogens with zero attached hydrogens (tertiary/aromatic N) is 1. The van der Waals surface area contributed by atoms with Gasteiger partial charge in [-0.15, -0.1) is 11.3 Å². The second-order valence-corrected chi connectivity index (χ2v) is 7.86. The second-order valence-electron chi connectivity index (χ2n) is 7.00. The van der Waals surface area contributed by atoms with E-state index >= 15 is 0 Å². The molecule has 0 spiro atoms. The Morgan fingerprint density at radius 3 is 2.17 bits per heavy atom. The van der Waals surface area contributed by atoms with E-state index in [-0.39, 0.29) is 5.91 Å². The van der Waals surface area contributed by atoms with Crippen LogP contribution < -0.4 is 5.32 Å². The van der Waals surface area contributed by atoms with Gasteiger partial charge in [0.1, 0.15) is 0 Å². The smallest absolute Gasteiger partial charge is 0.257 e. The molecule has 30 heavy (non-hydrogen) atoms. The third-order valence-corrected chi connectivity index (χ3v) is 5.78. The van der Waals surface area contributed by atoms with E-state index < -0.39 is 0 Å². The highest BCUT2D eigenvalue weighted by molar-refractivity contribution is 7.14. The number of amides is 1. The zero-order valence-corrected chi connectivity index (χ0v) is 16.9. The topological polar surface area (TPSA) is 42.0 Å². The first-order valence-corrected chi connectivity index (χ1v) is 10.6. The number of hydrogen-bond donors (Lipinski definition) is 1. The van der Waals surface area contributed by atoms with Crippen LogP contribution in [0.1, 0.15) is 10.4 Å². The summed E-state index contributed by atoms with van der Waals surface area (Å²) in [6.07, 6.45) is 0. The number of hydrogen-bond acceptors (Lipinski definition) is 3. The van der Waals surface area contributed by atoms with Crippen molar-refractivity contribution in [1.29, 1.82) is 0 Å². The minimum atomic E-state index is -0.158. The number of carbonyl (C=O) groups is 1. The van der Waals surface area contributed by atoms with Crippen LogP contribution in [0.4, 0.5) is 5.13 Å². The minimum Gasteiger partial charge on any atom is -0.298 e. The molecule has 0 bridgehead atoms. The predicted octanol–water partition coefficient (Wildman–Crippen LogP) is 6.88. The Labute approximate surface area is 178 Å². The summed E-state index contributed by atoms with van der Waals surface area (Å²) in [5.74, 6) is -0.158. The highest BCUT2D eigenvalue weighted by Gasteiger charge is 2.11. The van der Waals surface area contributed by atoms with Gasteiger partial charge >= 0.3 is 0 Å². The van der Waals surface area contributed by atoms with Crippen molar-refractivity contribution >= 4 is 33.1 Å². The minimum absolute atomic E-state index is 0.158. The zero-order chi connectivity index (χ0) is 20.3. The second kappa shape index (κ2) is 7.93. The van der Waals surface area contributed by atoms with Crippen molar-refractivity contribution in [3.63, 3.8) is 0 Å². The molecule has 3 nitrogen and oxygen atoms in total. The van der Waals surface area contributed by atoms with Crippen molar-refractivity contribution in [2.75, 3.05) is 5.32 Å². The van der Waals surface area contributed by atoms with Gasteiger partial charge < -0.3 is 0 Å². The first-order chi connectivity index (χ1) is 14.8. The average Bonchev–Trinajstić information content (AvgIpc) is 3.28. The van der Waals surface area contributed by atoms with Crippen LogP contribution >= 0.6 is 11.3 Å². The van der Waals surface area contributed by atoms with Gasteiger partial charge in [0, 0.05) is 16.5 Å². The fraction of sp³-hybridized carbons (Fsp3) is 0. The van der Waals surface area contributed by atoms with Crippen molar-refractivity contribution in [1.82, 2.24) is 4.98 Å². The fourth-order valence-electron chi connectivity index (χ4n) is 3.43. The highest BCUT2D eigenvalue weighted by atomic mass is 32.1. The number of thiazole rings is 1. The molecule has 0 unspecified atom stereocenters. The monoisotopic (exact) mass is 406 g/mol. The van der Waals surface area contributed by atoms with Crippen molar-refractivity contribution in [2.45, 2.75) is 0 Å². The molecule has 4 aromatic carbocycles. The van der Waals surface area contributed by atoms with Crippen LogP contribution in [0.5, 0.6) is 0 Å². The average molecular weight is 407 g/mol. The molecular formula is C26H18N2OS. The van der Waals surface area contributed by atoms with E-state index in [9.17, 15) is 4.79 Å². The lowest BCUT2D eigenvalue weighted by molar-refractivity contribution is 0.102. The van der Waals surface area contributed by atoms with Gasteiger partial charge in [0.15, 0.2) is 5.13 Å². The van der Waals surface area contributed by atoms with Crippen molar-refractivity contribution < 1.29 is 4.79 Å². The summed E-state index contributed by atoms with van der Waals surface area (Å²) in [6, 6.07) is 32.2. The summed E-state index contributed by atoms with van der Waals surface area (Å²) < 4.78 is 0. The summed E-state index contributed by atoms with van der Waals surface area (Å²) in [5.41, 5.74) is 4.72. The SMILES string of the molecule is O=C(Nc1nc(-c2ccc3ccccc3c2)cs1)c1ccc(-c2ccccc2)cc1. The van der Waals surface area contributed by atoms with Crippen LogP contribution in [0, 0.1) is 0 Å². The Morgan fingerprint density at radius 2 is 1.37 bits per heavy atom. The van der Waals surface area contributed by atoms with Crippen LogP contribution in [-0.4, -0.2) is 10.9 Å². The Hall–Kier alpha value is -3.76. The molecule has 1 heterocycles. The van der Waals surface area contributed by atoms with E-state index in [4.69, 9.17) is 0 Å². The van der Waals surface area contributed by atoms with Crippen molar-refractivity contribution in [3.8, 4) is 22.4 Å². The molecule has 1 N–H and O–H groups in total. The lowest BCUT2D eigenvalue weighted by atomic mass is 10.0. The molecule has 0 atom stereocenters. The van der Waals surface area contributed by atoms with Gasteiger partial charge in [-0.2, -0.15) is 0 Å². The maximum absolute atomic E-state index is 12.6.